The minimum absolute atomic E-state index is 0.403. The first-order valence-electron chi connectivity index (χ1n) is 7.93. The van der Waals surface area contributed by atoms with Gasteiger partial charge in [0.1, 0.15) is 0 Å². The number of rotatable bonds is 7. The van der Waals surface area contributed by atoms with Gasteiger partial charge < -0.3 is 10.1 Å². The quantitative estimate of drug-likeness (QED) is 0.769. The van der Waals surface area contributed by atoms with Crippen LogP contribution < -0.4 is 5.32 Å². The van der Waals surface area contributed by atoms with Gasteiger partial charge in [-0.3, -0.25) is 4.90 Å². The van der Waals surface area contributed by atoms with Crippen molar-refractivity contribution < 1.29 is 4.74 Å². The Morgan fingerprint density at radius 1 is 1.21 bits per heavy atom. The minimum atomic E-state index is 0.403. The maximum absolute atomic E-state index is 5.64. The highest BCUT2D eigenvalue weighted by atomic mass is 16.5. The number of methoxy groups -OCH3 is 1. The summed E-state index contributed by atoms with van der Waals surface area (Å²) in [5.74, 6) is 2.10. The van der Waals surface area contributed by atoms with E-state index >= 15 is 0 Å². The first kappa shape index (κ1) is 16.9. The van der Waals surface area contributed by atoms with Crippen molar-refractivity contribution in [2.75, 3.05) is 33.3 Å². The molecule has 1 fully saturated rings. The van der Waals surface area contributed by atoms with Crippen LogP contribution in [0.3, 0.4) is 0 Å². The Morgan fingerprint density at radius 3 is 2.42 bits per heavy atom. The van der Waals surface area contributed by atoms with Crippen LogP contribution in [0.1, 0.15) is 41.0 Å². The lowest BCUT2D eigenvalue weighted by Crippen LogP contribution is -2.53. The predicted octanol–water partition coefficient (Wildman–Crippen LogP) is 2.61. The second-order valence-electron chi connectivity index (χ2n) is 6.90. The molecule has 0 saturated carbocycles. The van der Waals surface area contributed by atoms with Crippen molar-refractivity contribution >= 4 is 0 Å². The standard InChI is InChI=1S/C16H34N2O/c1-12(2)9-17-10-15(13(3)4)18-8-7-14(5)16(11-18)19-6/h12-17H,7-11H2,1-6H3. The Labute approximate surface area is 120 Å². The summed E-state index contributed by atoms with van der Waals surface area (Å²) in [6.45, 7) is 16.0. The molecule has 0 aromatic carbocycles. The molecule has 3 heteroatoms. The molecule has 3 nitrogen and oxygen atoms in total. The topological polar surface area (TPSA) is 24.5 Å². The van der Waals surface area contributed by atoms with Gasteiger partial charge in [-0.05, 0) is 37.3 Å². The smallest absolute Gasteiger partial charge is 0.0724 e. The highest BCUT2D eigenvalue weighted by Crippen LogP contribution is 2.23. The van der Waals surface area contributed by atoms with Crippen molar-refractivity contribution in [2.45, 2.75) is 53.2 Å². The highest BCUT2D eigenvalue weighted by molar-refractivity contribution is 4.85. The molecule has 1 N–H and O–H groups in total. The van der Waals surface area contributed by atoms with Crippen LogP contribution in [-0.2, 0) is 4.74 Å². The molecule has 3 unspecified atom stereocenters. The number of nitrogens with one attached hydrogen (secondary N) is 1. The van der Waals surface area contributed by atoms with E-state index in [1.807, 2.05) is 7.11 Å². The molecule has 114 valence electrons. The van der Waals surface area contributed by atoms with E-state index in [1.165, 1.54) is 13.0 Å². The van der Waals surface area contributed by atoms with E-state index in [2.05, 4.69) is 44.8 Å². The molecule has 0 aromatic rings. The molecular weight excluding hydrogens is 236 g/mol. The van der Waals surface area contributed by atoms with E-state index in [4.69, 9.17) is 4.74 Å². The maximum atomic E-state index is 5.64. The fraction of sp³-hybridized carbons (Fsp3) is 1.00. The van der Waals surface area contributed by atoms with E-state index in [0.29, 0.717) is 24.0 Å². The van der Waals surface area contributed by atoms with Gasteiger partial charge in [0, 0.05) is 26.2 Å². The Bertz CT molecular complexity index is 243. The Kier molecular flexibility index (Phi) is 7.33. The van der Waals surface area contributed by atoms with Crippen LogP contribution in [0.5, 0.6) is 0 Å². The van der Waals surface area contributed by atoms with Crippen LogP contribution >= 0.6 is 0 Å². The second kappa shape index (κ2) is 8.23. The Balaban J connectivity index is 2.51. The van der Waals surface area contributed by atoms with E-state index in [0.717, 1.165) is 25.6 Å². The van der Waals surface area contributed by atoms with Gasteiger partial charge in [-0.1, -0.05) is 34.6 Å². The molecule has 1 aliphatic heterocycles. The number of nitrogens with zero attached hydrogens (tertiary/aromatic N) is 1. The Hall–Kier alpha value is -0.120. The molecule has 0 radical (unpaired) electrons. The third kappa shape index (κ3) is 5.41. The zero-order valence-corrected chi connectivity index (χ0v) is 13.8. The lowest BCUT2D eigenvalue weighted by atomic mass is 9.92. The lowest BCUT2D eigenvalue weighted by Gasteiger charge is -2.42. The van der Waals surface area contributed by atoms with Crippen molar-refractivity contribution in [3.63, 3.8) is 0 Å². The molecule has 1 heterocycles. The predicted molar refractivity (Wildman–Crippen MR) is 82.5 cm³/mol. The number of hydrogen-bond donors (Lipinski definition) is 1. The van der Waals surface area contributed by atoms with Crippen LogP contribution in [0.25, 0.3) is 0 Å². The third-order valence-corrected chi connectivity index (χ3v) is 4.37. The van der Waals surface area contributed by atoms with Gasteiger partial charge >= 0.3 is 0 Å². The molecule has 19 heavy (non-hydrogen) atoms. The van der Waals surface area contributed by atoms with Crippen molar-refractivity contribution in [2.24, 2.45) is 17.8 Å². The molecule has 0 amide bonds. The van der Waals surface area contributed by atoms with E-state index in [9.17, 15) is 0 Å². The molecule has 0 aromatic heterocycles. The second-order valence-corrected chi connectivity index (χ2v) is 6.90. The van der Waals surface area contributed by atoms with Crippen molar-refractivity contribution in [3.05, 3.63) is 0 Å². The summed E-state index contributed by atoms with van der Waals surface area (Å²) >= 11 is 0. The van der Waals surface area contributed by atoms with Gasteiger partial charge in [0.05, 0.1) is 6.10 Å². The molecule has 0 bridgehead atoms. The molecule has 1 rings (SSSR count). The lowest BCUT2D eigenvalue weighted by molar-refractivity contribution is -0.0255. The average Bonchev–Trinajstić information content (AvgIpc) is 2.35. The van der Waals surface area contributed by atoms with Gasteiger partial charge in [0.25, 0.3) is 0 Å². The largest absolute Gasteiger partial charge is 0.380 e. The number of piperidine rings is 1. The average molecular weight is 270 g/mol. The number of ether oxygens (including phenoxy) is 1. The first-order valence-corrected chi connectivity index (χ1v) is 7.93. The molecule has 0 spiro atoms. The van der Waals surface area contributed by atoms with Gasteiger partial charge in [0.15, 0.2) is 0 Å². The maximum Gasteiger partial charge on any atom is 0.0724 e. The molecule has 1 saturated heterocycles. The number of likely N-dealkylation sites (tertiary alicyclic amines) is 1. The van der Waals surface area contributed by atoms with E-state index in [-0.39, 0.29) is 0 Å². The third-order valence-electron chi connectivity index (χ3n) is 4.37. The summed E-state index contributed by atoms with van der Waals surface area (Å²) < 4.78 is 5.64. The SMILES string of the molecule is COC1CN(C(CNCC(C)C)C(C)C)CCC1C. The fourth-order valence-electron chi connectivity index (χ4n) is 2.97. The summed E-state index contributed by atoms with van der Waals surface area (Å²) in [5.41, 5.74) is 0. The number of hydrogen-bond acceptors (Lipinski definition) is 3. The zero-order valence-electron chi connectivity index (χ0n) is 13.8. The van der Waals surface area contributed by atoms with Crippen LogP contribution in [-0.4, -0.2) is 50.3 Å². The summed E-state index contributed by atoms with van der Waals surface area (Å²) in [7, 11) is 1.85. The minimum Gasteiger partial charge on any atom is -0.380 e. The van der Waals surface area contributed by atoms with Gasteiger partial charge in [0.2, 0.25) is 0 Å². The van der Waals surface area contributed by atoms with Crippen molar-refractivity contribution in [1.82, 2.24) is 10.2 Å². The van der Waals surface area contributed by atoms with Crippen molar-refractivity contribution in [3.8, 4) is 0 Å². The van der Waals surface area contributed by atoms with Gasteiger partial charge in [-0.25, -0.2) is 0 Å². The van der Waals surface area contributed by atoms with Crippen LogP contribution in [0.4, 0.5) is 0 Å². The fourth-order valence-corrected chi connectivity index (χ4v) is 2.97. The summed E-state index contributed by atoms with van der Waals surface area (Å²) in [4.78, 5) is 2.63. The monoisotopic (exact) mass is 270 g/mol. The van der Waals surface area contributed by atoms with Gasteiger partial charge in [-0.2, -0.15) is 0 Å². The highest BCUT2D eigenvalue weighted by Gasteiger charge is 2.31. The zero-order chi connectivity index (χ0) is 14.4. The summed E-state index contributed by atoms with van der Waals surface area (Å²) in [5, 5.41) is 3.63. The van der Waals surface area contributed by atoms with E-state index in [1.54, 1.807) is 0 Å². The van der Waals surface area contributed by atoms with Crippen LogP contribution in [0.2, 0.25) is 0 Å². The summed E-state index contributed by atoms with van der Waals surface area (Å²) in [6, 6.07) is 0.629. The molecular formula is C16H34N2O. The normalized spacial score (nSPS) is 27.2. The van der Waals surface area contributed by atoms with Gasteiger partial charge in [-0.15, -0.1) is 0 Å². The molecule has 3 atom stereocenters. The van der Waals surface area contributed by atoms with Crippen LogP contribution in [0.15, 0.2) is 0 Å². The van der Waals surface area contributed by atoms with Crippen LogP contribution in [0, 0.1) is 17.8 Å². The van der Waals surface area contributed by atoms with E-state index < -0.39 is 0 Å². The molecule has 1 aliphatic rings. The van der Waals surface area contributed by atoms with Crippen molar-refractivity contribution in [1.29, 1.82) is 0 Å². The first-order chi connectivity index (χ1) is 8.95. The summed E-state index contributed by atoms with van der Waals surface area (Å²) in [6.07, 6.45) is 1.66. The molecule has 0 aliphatic carbocycles. The Morgan fingerprint density at radius 2 is 1.89 bits per heavy atom.